The van der Waals surface area contributed by atoms with E-state index in [1.807, 2.05) is 0 Å². The second-order valence-corrected chi connectivity index (χ2v) is 4.60. The molecular formula is C12H21NO4. The fourth-order valence-corrected chi connectivity index (χ4v) is 0.962. The molecule has 5 nitrogen and oxygen atoms in total. The van der Waals surface area contributed by atoms with E-state index < -0.39 is 17.7 Å². The van der Waals surface area contributed by atoms with Crippen molar-refractivity contribution in [1.82, 2.24) is 5.32 Å². The molecule has 17 heavy (non-hydrogen) atoms. The molecule has 0 fully saturated rings. The Hall–Kier alpha value is -1.52. The summed E-state index contributed by atoms with van der Waals surface area (Å²) in [5, 5.41) is 2.55. The summed E-state index contributed by atoms with van der Waals surface area (Å²) in [5.41, 5.74) is 0.178. The first kappa shape index (κ1) is 15.5. The van der Waals surface area contributed by atoms with Crippen LogP contribution in [-0.4, -0.2) is 30.8 Å². The zero-order valence-corrected chi connectivity index (χ0v) is 11.1. The highest BCUT2D eigenvalue weighted by molar-refractivity contribution is 5.82. The van der Waals surface area contributed by atoms with E-state index in [9.17, 15) is 9.59 Å². The van der Waals surface area contributed by atoms with Crippen molar-refractivity contribution in [1.29, 1.82) is 0 Å². The van der Waals surface area contributed by atoms with Gasteiger partial charge in [-0.2, -0.15) is 0 Å². The quantitative estimate of drug-likeness (QED) is 0.606. The molecule has 0 aromatic heterocycles. The van der Waals surface area contributed by atoms with Gasteiger partial charge in [0.15, 0.2) is 0 Å². The average Bonchev–Trinajstić information content (AvgIpc) is 2.12. The fourth-order valence-electron chi connectivity index (χ4n) is 0.962. The van der Waals surface area contributed by atoms with Crippen LogP contribution in [0.25, 0.3) is 0 Å². The van der Waals surface area contributed by atoms with Crippen molar-refractivity contribution in [3.05, 3.63) is 11.6 Å². The number of nitrogens with one attached hydrogen (secondary N) is 1. The van der Waals surface area contributed by atoms with Crippen molar-refractivity contribution in [3.8, 4) is 0 Å². The number of amides is 1. The van der Waals surface area contributed by atoms with Crippen LogP contribution in [0.3, 0.4) is 0 Å². The summed E-state index contributed by atoms with van der Waals surface area (Å²) in [6.07, 6.45) is 0.843. The second-order valence-electron chi connectivity index (χ2n) is 4.60. The van der Waals surface area contributed by atoms with E-state index in [-0.39, 0.29) is 6.54 Å². The number of hydrogen-bond donors (Lipinski definition) is 1. The van der Waals surface area contributed by atoms with Gasteiger partial charge in [-0.1, -0.05) is 0 Å². The number of ether oxygens (including phenoxy) is 2. The van der Waals surface area contributed by atoms with Gasteiger partial charge in [0, 0.05) is 12.6 Å². The molecule has 0 heterocycles. The van der Waals surface area contributed by atoms with Gasteiger partial charge in [-0.3, -0.25) is 0 Å². The third kappa shape index (κ3) is 9.41. The van der Waals surface area contributed by atoms with Crippen LogP contribution in [-0.2, 0) is 14.3 Å². The number of alkyl carbamates (subject to hydrolysis) is 1. The van der Waals surface area contributed by atoms with E-state index in [2.05, 4.69) is 5.32 Å². The maximum Gasteiger partial charge on any atom is 0.407 e. The molecule has 98 valence electrons. The molecule has 0 aliphatic heterocycles. The van der Waals surface area contributed by atoms with Crippen LogP contribution in [0.4, 0.5) is 4.79 Å². The fraction of sp³-hybridized carbons (Fsp3) is 0.667. The molecule has 0 saturated heterocycles. The lowest BCUT2D eigenvalue weighted by molar-refractivity contribution is -0.137. The van der Waals surface area contributed by atoms with E-state index in [0.717, 1.165) is 0 Å². The maximum absolute atomic E-state index is 11.3. The largest absolute Gasteiger partial charge is 0.463 e. The predicted molar refractivity (Wildman–Crippen MR) is 64.6 cm³/mol. The predicted octanol–water partition coefficient (Wildman–Crippen LogP) is 2.02. The van der Waals surface area contributed by atoms with Crippen LogP contribution >= 0.6 is 0 Å². The molecule has 1 N–H and O–H groups in total. The molecule has 0 saturated carbocycles. The van der Waals surface area contributed by atoms with Gasteiger partial charge >= 0.3 is 12.1 Å². The minimum absolute atomic E-state index is 0.258. The van der Waals surface area contributed by atoms with Gasteiger partial charge in [0.2, 0.25) is 0 Å². The Morgan fingerprint density at radius 2 is 1.88 bits per heavy atom. The van der Waals surface area contributed by atoms with Crippen molar-refractivity contribution in [2.24, 2.45) is 0 Å². The monoisotopic (exact) mass is 243 g/mol. The smallest absolute Gasteiger partial charge is 0.407 e. The highest BCUT2D eigenvalue weighted by Crippen LogP contribution is 2.06. The lowest BCUT2D eigenvalue weighted by Crippen LogP contribution is -2.33. The third-order valence-corrected chi connectivity index (χ3v) is 1.56. The molecule has 0 unspecified atom stereocenters. The van der Waals surface area contributed by atoms with Crippen LogP contribution in [0.1, 0.15) is 34.6 Å². The Morgan fingerprint density at radius 1 is 1.29 bits per heavy atom. The summed E-state index contributed by atoms with van der Waals surface area (Å²) < 4.78 is 9.79. The second kappa shape index (κ2) is 6.93. The summed E-state index contributed by atoms with van der Waals surface area (Å²) in [5.74, 6) is -0.406. The molecule has 0 spiro atoms. The van der Waals surface area contributed by atoms with Crippen molar-refractivity contribution < 1.29 is 19.1 Å². The Kier molecular flexibility index (Phi) is 6.31. The van der Waals surface area contributed by atoms with Crippen LogP contribution < -0.4 is 5.32 Å². The van der Waals surface area contributed by atoms with Gasteiger partial charge in [-0.05, 0) is 40.2 Å². The first-order chi connectivity index (χ1) is 7.74. The van der Waals surface area contributed by atoms with Gasteiger partial charge in [0.25, 0.3) is 0 Å². The van der Waals surface area contributed by atoms with Gasteiger partial charge in [-0.15, -0.1) is 0 Å². The molecule has 0 radical (unpaired) electrons. The van der Waals surface area contributed by atoms with Crippen molar-refractivity contribution in [2.45, 2.75) is 40.2 Å². The number of hydrogen-bond acceptors (Lipinski definition) is 4. The van der Waals surface area contributed by atoms with Gasteiger partial charge < -0.3 is 14.8 Å². The summed E-state index contributed by atoms with van der Waals surface area (Å²) in [6, 6.07) is 0. The SMILES string of the molecule is CCOC(=O)/C=C(\C)CNC(=O)OC(C)(C)C. The summed E-state index contributed by atoms with van der Waals surface area (Å²) in [7, 11) is 0. The zero-order valence-electron chi connectivity index (χ0n) is 11.1. The van der Waals surface area contributed by atoms with Crippen LogP contribution in [0.2, 0.25) is 0 Å². The van der Waals surface area contributed by atoms with E-state index in [0.29, 0.717) is 12.2 Å². The molecule has 1 amide bonds. The summed E-state index contributed by atoms with van der Waals surface area (Å²) in [4.78, 5) is 22.4. The number of carbonyl (C=O) groups is 2. The van der Waals surface area contributed by atoms with Crippen LogP contribution in [0, 0.1) is 0 Å². The summed E-state index contributed by atoms with van der Waals surface area (Å²) >= 11 is 0. The van der Waals surface area contributed by atoms with Crippen molar-refractivity contribution in [2.75, 3.05) is 13.2 Å². The van der Waals surface area contributed by atoms with Gasteiger partial charge in [0.1, 0.15) is 5.60 Å². The molecule has 0 rings (SSSR count). The number of esters is 1. The van der Waals surface area contributed by atoms with Crippen molar-refractivity contribution in [3.63, 3.8) is 0 Å². The molecule has 0 bridgehead atoms. The highest BCUT2D eigenvalue weighted by Gasteiger charge is 2.15. The standard InChI is InChI=1S/C12H21NO4/c1-6-16-10(14)7-9(2)8-13-11(15)17-12(3,4)5/h7H,6,8H2,1-5H3,(H,13,15)/b9-7+. The molecule has 0 aromatic rings. The van der Waals surface area contributed by atoms with E-state index >= 15 is 0 Å². The van der Waals surface area contributed by atoms with Crippen LogP contribution in [0.15, 0.2) is 11.6 Å². The minimum atomic E-state index is -0.525. The van der Waals surface area contributed by atoms with Crippen LogP contribution in [0.5, 0.6) is 0 Å². The molecule has 0 atom stereocenters. The highest BCUT2D eigenvalue weighted by atomic mass is 16.6. The minimum Gasteiger partial charge on any atom is -0.463 e. The molecule has 0 aliphatic carbocycles. The normalized spacial score (nSPS) is 11.9. The van der Waals surface area contributed by atoms with E-state index in [1.165, 1.54) is 6.08 Å². The van der Waals surface area contributed by atoms with Gasteiger partial charge in [0.05, 0.1) is 6.61 Å². The van der Waals surface area contributed by atoms with Crippen molar-refractivity contribution >= 4 is 12.1 Å². The lowest BCUT2D eigenvalue weighted by atomic mass is 10.2. The molecule has 0 aliphatic rings. The first-order valence-electron chi connectivity index (χ1n) is 5.55. The van der Waals surface area contributed by atoms with E-state index in [1.54, 1.807) is 34.6 Å². The maximum atomic E-state index is 11.3. The number of rotatable bonds is 4. The Bertz CT molecular complexity index is 302. The molecule has 5 heteroatoms. The average molecular weight is 243 g/mol. The molecule has 0 aromatic carbocycles. The first-order valence-corrected chi connectivity index (χ1v) is 5.55. The Labute approximate surface area is 102 Å². The third-order valence-electron chi connectivity index (χ3n) is 1.56. The summed E-state index contributed by atoms with van der Waals surface area (Å²) in [6.45, 7) is 9.42. The Balaban J connectivity index is 4.03. The Morgan fingerprint density at radius 3 is 2.35 bits per heavy atom. The van der Waals surface area contributed by atoms with E-state index in [4.69, 9.17) is 9.47 Å². The van der Waals surface area contributed by atoms with Gasteiger partial charge in [-0.25, -0.2) is 9.59 Å². The number of carbonyl (C=O) groups excluding carboxylic acids is 2. The molecular weight excluding hydrogens is 222 g/mol. The topological polar surface area (TPSA) is 64.6 Å². The lowest BCUT2D eigenvalue weighted by Gasteiger charge is -2.19. The zero-order chi connectivity index (χ0) is 13.5.